The van der Waals surface area contributed by atoms with Gasteiger partial charge in [0.05, 0.1) is 15.6 Å². The summed E-state index contributed by atoms with van der Waals surface area (Å²) in [6, 6.07) is 14.3. The molecule has 38 heavy (non-hydrogen) atoms. The first kappa shape index (κ1) is 28.2. The second-order valence-corrected chi connectivity index (χ2v) is 12.8. The highest BCUT2D eigenvalue weighted by molar-refractivity contribution is 7.87. The minimum absolute atomic E-state index is 0.0859. The van der Waals surface area contributed by atoms with Gasteiger partial charge in [-0.15, -0.1) is 0 Å². The average Bonchev–Trinajstić information content (AvgIpc) is 3.17. The lowest BCUT2D eigenvalue weighted by molar-refractivity contribution is 0.0562. The molecule has 1 atom stereocenters. The van der Waals surface area contributed by atoms with Gasteiger partial charge in [-0.1, -0.05) is 53.5 Å². The average molecular weight is 582 g/mol. The Labute approximate surface area is 232 Å². The Bertz CT molecular complexity index is 1480. The number of fused-ring (bicyclic) bond motifs is 1. The predicted molar refractivity (Wildman–Crippen MR) is 148 cm³/mol. The van der Waals surface area contributed by atoms with Crippen molar-refractivity contribution in [2.45, 2.75) is 44.8 Å². The van der Waals surface area contributed by atoms with Crippen molar-refractivity contribution in [2.75, 3.05) is 13.1 Å². The number of aromatic nitrogens is 1. The van der Waals surface area contributed by atoms with Gasteiger partial charge in [-0.05, 0) is 57.4 Å². The summed E-state index contributed by atoms with van der Waals surface area (Å²) in [5.74, 6) is -0.404. The van der Waals surface area contributed by atoms with Crippen LogP contribution in [0.5, 0.6) is 0 Å². The van der Waals surface area contributed by atoms with Crippen LogP contribution in [0.15, 0.2) is 48.5 Å². The highest BCUT2D eigenvalue weighted by Gasteiger charge is 2.43. The molecule has 1 fully saturated rings. The summed E-state index contributed by atoms with van der Waals surface area (Å²) in [6.45, 7) is 5.01. The summed E-state index contributed by atoms with van der Waals surface area (Å²) in [5.41, 5.74) is -0.115. The third-order valence-electron chi connectivity index (χ3n) is 6.43. The number of rotatable bonds is 5. The van der Waals surface area contributed by atoms with Gasteiger partial charge in [-0.2, -0.15) is 12.7 Å². The Morgan fingerprint density at radius 3 is 2.42 bits per heavy atom. The van der Waals surface area contributed by atoms with Crippen molar-refractivity contribution in [1.82, 2.24) is 18.9 Å². The summed E-state index contributed by atoms with van der Waals surface area (Å²) < 4.78 is 36.3. The van der Waals surface area contributed by atoms with Crippen molar-refractivity contribution in [2.24, 2.45) is 7.05 Å². The van der Waals surface area contributed by atoms with Crippen molar-refractivity contribution in [1.29, 1.82) is 0 Å². The van der Waals surface area contributed by atoms with Gasteiger partial charge in [0.15, 0.2) is 0 Å². The van der Waals surface area contributed by atoms with Gasteiger partial charge in [-0.3, -0.25) is 4.79 Å². The molecule has 2 heterocycles. The van der Waals surface area contributed by atoms with Gasteiger partial charge in [0, 0.05) is 31.0 Å². The summed E-state index contributed by atoms with van der Waals surface area (Å²) in [6.07, 6.45) is -0.137. The maximum Gasteiger partial charge on any atom is 0.422 e. The number of ether oxygens (including phenoxy) is 1. The molecule has 0 radical (unpaired) electrons. The number of benzene rings is 2. The normalized spacial score (nSPS) is 18.8. The van der Waals surface area contributed by atoms with Crippen LogP contribution in [0.25, 0.3) is 10.9 Å². The van der Waals surface area contributed by atoms with E-state index >= 15 is 0 Å². The number of amides is 2. The van der Waals surface area contributed by atoms with Crippen molar-refractivity contribution < 1.29 is 22.7 Å². The lowest BCUT2D eigenvalue weighted by atomic mass is 9.82. The van der Waals surface area contributed by atoms with E-state index in [1.165, 1.54) is 0 Å². The van der Waals surface area contributed by atoms with Crippen LogP contribution in [0.1, 0.15) is 49.7 Å². The molecule has 0 bridgehead atoms. The van der Waals surface area contributed by atoms with Crippen LogP contribution in [0, 0.1) is 0 Å². The molecular formula is C26H30Cl2N4O5S. The Hall–Kier alpha value is -2.79. The van der Waals surface area contributed by atoms with Crippen LogP contribution in [0.3, 0.4) is 0 Å². The standard InChI is InChI=1S/C26H30Cl2N4O5S/c1-25(2,3)37-24(34)30-38(35,36)32-14-8-13-26(16-32,17-9-6-5-7-10-17)29-23(33)21-15-18-20(31(21)4)12-11-19(27)22(18)28/h5-7,9-12,15H,8,13-14,16H2,1-4H3,(H,29,33)(H,30,34). The molecule has 1 aliphatic rings. The summed E-state index contributed by atoms with van der Waals surface area (Å²) >= 11 is 12.6. The molecule has 1 aromatic heterocycles. The second kappa shape index (κ2) is 10.4. The van der Waals surface area contributed by atoms with Gasteiger partial charge < -0.3 is 14.6 Å². The number of carbonyl (C=O) groups is 2. The van der Waals surface area contributed by atoms with Crippen LogP contribution in [0.2, 0.25) is 10.0 Å². The quantitative estimate of drug-likeness (QED) is 0.442. The maximum absolute atomic E-state index is 13.7. The first-order valence-corrected chi connectivity index (χ1v) is 14.2. The van der Waals surface area contributed by atoms with E-state index in [9.17, 15) is 18.0 Å². The molecule has 0 spiro atoms. The number of hydrogen-bond donors (Lipinski definition) is 2. The molecule has 12 heteroatoms. The first-order chi connectivity index (χ1) is 17.7. The van der Waals surface area contributed by atoms with E-state index in [2.05, 4.69) is 5.32 Å². The molecule has 0 saturated carbocycles. The Morgan fingerprint density at radius 1 is 1.08 bits per heavy atom. The number of nitrogens with zero attached hydrogens (tertiary/aromatic N) is 2. The van der Waals surface area contributed by atoms with Crippen molar-refractivity contribution >= 4 is 56.3 Å². The van der Waals surface area contributed by atoms with Crippen LogP contribution in [0.4, 0.5) is 4.79 Å². The zero-order chi connectivity index (χ0) is 27.9. The number of hydrogen-bond acceptors (Lipinski definition) is 5. The summed E-state index contributed by atoms with van der Waals surface area (Å²) in [4.78, 5) is 26.0. The fraction of sp³-hybridized carbons (Fsp3) is 0.385. The highest BCUT2D eigenvalue weighted by atomic mass is 35.5. The number of halogens is 2. The zero-order valence-electron chi connectivity index (χ0n) is 21.5. The minimum atomic E-state index is -4.25. The molecule has 3 aromatic rings. The minimum Gasteiger partial charge on any atom is -0.443 e. The van der Waals surface area contributed by atoms with Gasteiger partial charge in [0.25, 0.3) is 5.91 Å². The fourth-order valence-electron chi connectivity index (χ4n) is 4.71. The van der Waals surface area contributed by atoms with Gasteiger partial charge in [0.1, 0.15) is 11.3 Å². The lowest BCUT2D eigenvalue weighted by Gasteiger charge is -2.43. The molecule has 2 amide bonds. The van der Waals surface area contributed by atoms with E-state index in [1.54, 1.807) is 50.6 Å². The van der Waals surface area contributed by atoms with Crippen molar-refractivity contribution in [3.05, 3.63) is 69.8 Å². The third kappa shape index (κ3) is 5.78. The summed E-state index contributed by atoms with van der Waals surface area (Å²) in [7, 11) is -2.50. The van der Waals surface area contributed by atoms with E-state index < -0.39 is 33.3 Å². The number of carbonyl (C=O) groups excluding carboxylic acids is 2. The van der Waals surface area contributed by atoms with Crippen LogP contribution < -0.4 is 10.0 Å². The fourth-order valence-corrected chi connectivity index (χ4v) is 6.23. The van der Waals surface area contributed by atoms with Crippen LogP contribution >= 0.6 is 23.2 Å². The van der Waals surface area contributed by atoms with Crippen LogP contribution in [-0.4, -0.2) is 48.0 Å². The molecule has 2 aromatic carbocycles. The van der Waals surface area contributed by atoms with E-state index in [0.717, 1.165) is 15.4 Å². The molecule has 0 aliphatic carbocycles. The van der Waals surface area contributed by atoms with E-state index in [-0.39, 0.29) is 13.1 Å². The smallest absolute Gasteiger partial charge is 0.422 e. The second-order valence-electron chi connectivity index (χ2n) is 10.3. The molecule has 1 unspecified atom stereocenters. The predicted octanol–water partition coefficient (Wildman–Crippen LogP) is 4.98. The topological polar surface area (TPSA) is 110 Å². The zero-order valence-corrected chi connectivity index (χ0v) is 23.9. The Morgan fingerprint density at radius 2 is 1.76 bits per heavy atom. The van der Waals surface area contributed by atoms with Crippen molar-refractivity contribution in [3.8, 4) is 0 Å². The maximum atomic E-state index is 13.7. The van der Waals surface area contributed by atoms with Gasteiger partial charge in [-0.25, -0.2) is 9.52 Å². The van der Waals surface area contributed by atoms with E-state index in [1.807, 2.05) is 35.1 Å². The number of piperidine rings is 1. The SMILES string of the molecule is Cn1c(C(=O)NC2(c3ccccc3)CCCN(S(=O)(=O)NC(=O)OC(C)(C)C)C2)cc2c(Cl)c(Cl)ccc21. The van der Waals surface area contributed by atoms with Crippen LogP contribution in [-0.2, 0) is 27.5 Å². The molecule has 204 valence electrons. The molecule has 9 nitrogen and oxygen atoms in total. The molecular weight excluding hydrogens is 551 g/mol. The van der Waals surface area contributed by atoms with E-state index in [0.29, 0.717) is 34.0 Å². The number of aryl methyl sites for hydroxylation is 1. The Balaban J connectivity index is 1.67. The molecule has 2 N–H and O–H groups in total. The van der Waals surface area contributed by atoms with Gasteiger partial charge >= 0.3 is 16.3 Å². The highest BCUT2D eigenvalue weighted by Crippen LogP contribution is 2.35. The summed E-state index contributed by atoms with van der Waals surface area (Å²) in [5, 5.41) is 4.47. The monoisotopic (exact) mass is 580 g/mol. The third-order valence-corrected chi connectivity index (χ3v) is 8.67. The number of nitrogens with one attached hydrogen (secondary N) is 2. The molecule has 1 aliphatic heterocycles. The lowest BCUT2D eigenvalue weighted by Crippen LogP contribution is -2.59. The molecule has 4 rings (SSSR count). The van der Waals surface area contributed by atoms with Crippen molar-refractivity contribution in [3.63, 3.8) is 0 Å². The Kier molecular flexibility index (Phi) is 7.73. The molecule has 1 saturated heterocycles. The largest absolute Gasteiger partial charge is 0.443 e. The van der Waals surface area contributed by atoms with Gasteiger partial charge in [0.2, 0.25) is 0 Å². The first-order valence-electron chi connectivity index (χ1n) is 12.0. The van der Waals surface area contributed by atoms with E-state index in [4.69, 9.17) is 27.9 Å².